The molecule has 5 rings (SSSR count). The number of nitrogens with zero attached hydrogens (tertiary/aromatic N) is 3. The monoisotopic (exact) mass is 374 g/mol. The fraction of sp³-hybridized carbons (Fsp3) is 0.318. The SMILES string of the molecule is Cc1cccn2c(NC(=O)N3C4CCC3CC(=O)C4)c(-c3ccccc3)nc12. The zero-order valence-electron chi connectivity index (χ0n) is 15.8. The minimum Gasteiger partial charge on any atom is -0.318 e. The molecule has 2 aromatic heterocycles. The zero-order valence-corrected chi connectivity index (χ0v) is 15.8. The Bertz CT molecular complexity index is 1060. The predicted octanol–water partition coefficient (Wildman–Crippen LogP) is 4.04. The van der Waals surface area contributed by atoms with Gasteiger partial charge in [0.1, 0.15) is 22.9 Å². The quantitative estimate of drug-likeness (QED) is 0.736. The first kappa shape index (κ1) is 17.0. The van der Waals surface area contributed by atoms with Crippen molar-refractivity contribution in [3.05, 3.63) is 54.2 Å². The van der Waals surface area contributed by atoms with E-state index in [-0.39, 0.29) is 23.9 Å². The maximum Gasteiger partial charge on any atom is 0.323 e. The number of fused-ring (bicyclic) bond motifs is 3. The van der Waals surface area contributed by atoms with Crippen LogP contribution >= 0.6 is 0 Å². The summed E-state index contributed by atoms with van der Waals surface area (Å²) in [6.07, 6.45) is 4.68. The van der Waals surface area contributed by atoms with Crippen LogP contribution in [0.3, 0.4) is 0 Å². The largest absolute Gasteiger partial charge is 0.323 e. The Labute approximate surface area is 163 Å². The number of aryl methyl sites for hydroxylation is 1. The number of carbonyl (C=O) groups is 2. The summed E-state index contributed by atoms with van der Waals surface area (Å²) in [4.78, 5) is 31.8. The number of Topliss-reactive ketones (excluding diaryl/α,β-unsaturated/α-hetero) is 1. The molecule has 2 bridgehead atoms. The van der Waals surface area contributed by atoms with Crippen molar-refractivity contribution < 1.29 is 9.59 Å². The third kappa shape index (κ3) is 2.68. The summed E-state index contributed by atoms with van der Waals surface area (Å²) in [6.45, 7) is 2.01. The van der Waals surface area contributed by atoms with Crippen LogP contribution in [0.2, 0.25) is 0 Å². The standard InChI is InChI=1S/C22H22N4O2/c1-14-6-5-11-25-20(14)23-19(15-7-3-2-4-8-15)21(25)24-22(28)26-16-9-10-17(26)13-18(27)12-16/h2-8,11,16-17H,9-10,12-13H2,1H3,(H,24,28). The van der Waals surface area contributed by atoms with Gasteiger partial charge in [-0.25, -0.2) is 9.78 Å². The van der Waals surface area contributed by atoms with E-state index >= 15 is 0 Å². The second-order valence-electron chi connectivity index (χ2n) is 7.73. The van der Waals surface area contributed by atoms with E-state index in [0.29, 0.717) is 18.7 Å². The third-order valence-electron chi connectivity index (χ3n) is 5.90. The Morgan fingerprint density at radius 1 is 1.07 bits per heavy atom. The lowest BCUT2D eigenvalue weighted by Crippen LogP contribution is -2.48. The lowest BCUT2D eigenvalue weighted by atomic mass is 10.0. The van der Waals surface area contributed by atoms with Crippen molar-refractivity contribution in [3.63, 3.8) is 0 Å². The summed E-state index contributed by atoms with van der Waals surface area (Å²) in [6, 6.07) is 13.8. The topological polar surface area (TPSA) is 66.7 Å². The molecule has 6 heteroatoms. The van der Waals surface area contributed by atoms with Crippen LogP contribution in [-0.2, 0) is 4.79 Å². The van der Waals surface area contributed by atoms with Crippen LogP contribution in [-0.4, -0.2) is 38.2 Å². The Morgan fingerprint density at radius 2 is 1.79 bits per heavy atom. The molecule has 6 nitrogen and oxygen atoms in total. The molecule has 0 aliphatic carbocycles. The van der Waals surface area contributed by atoms with Gasteiger partial charge in [-0.3, -0.25) is 14.5 Å². The molecule has 2 aliphatic rings. The molecule has 1 N–H and O–H groups in total. The van der Waals surface area contributed by atoms with E-state index < -0.39 is 0 Å². The highest BCUT2D eigenvalue weighted by Gasteiger charge is 2.43. The van der Waals surface area contributed by atoms with Gasteiger partial charge < -0.3 is 4.90 Å². The predicted molar refractivity (Wildman–Crippen MR) is 107 cm³/mol. The number of anilines is 1. The molecule has 28 heavy (non-hydrogen) atoms. The second kappa shape index (κ2) is 6.48. The van der Waals surface area contributed by atoms with Crippen LogP contribution in [0.25, 0.3) is 16.9 Å². The number of urea groups is 1. The Morgan fingerprint density at radius 3 is 2.50 bits per heavy atom. The number of nitrogens with one attached hydrogen (secondary N) is 1. The fourth-order valence-corrected chi connectivity index (χ4v) is 4.59. The molecule has 2 aliphatic heterocycles. The van der Waals surface area contributed by atoms with Gasteiger partial charge >= 0.3 is 6.03 Å². The normalized spacial score (nSPS) is 21.3. The van der Waals surface area contributed by atoms with Gasteiger partial charge in [0.15, 0.2) is 0 Å². The van der Waals surface area contributed by atoms with E-state index in [4.69, 9.17) is 4.98 Å². The molecule has 0 saturated carbocycles. The Balaban J connectivity index is 1.56. The van der Waals surface area contributed by atoms with E-state index in [0.717, 1.165) is 35.3 Å². The van der Waals surface area contributed by atoms with Crippen LogP contribution in [0, 0.1) is 6.92 Å². The molecule has 2 saturated heterocycles. The number of pyridine rings is 1. The highest BCUT2D eigenvalue weighted by Crippen LogP contribution is 2.36. The van der Waals surface area contributed by atoms with Gasteiger partial charge in [0.25, 0.3) is 0 Å². The summed E-state index contributed by atoms with van der Waals surface area (Å²) < 4.78 is 1.94. The molecule has 4 heterocycles. The van der Waals surface area contributed by atoms with Crippen molar-refractivity contribution in [2.75, 3.05) is 5.32 Å². The molecule has 142 valence electrons. The van der Waals surface area contributed by atoms with Gasteiger partial charge in [0.2, 0.25) is 0 Å². The average Bonchev–Trinajstić information content (AvgIpc) is 3.19. The number of carbonyl (C=O) groups excluding carboxylic acids is 2. The van der Waals surface area contributed by atoms with Gasteiger partial charge in [-0.05, 0) is 31.4 Å². The molecule has 2 fully saturated rings. The van der Waals surface area contributed by atoms with Crippen LogP contribution < -0.4 is 5.32 Å². The minimum atomic E-state index is -0.138. The number of ketones is 1. The molecule has 2 atom stereocenters. The van der Waals surface area contributed by atoms with E-state index in [1.54, 1.807) is 0 Å². The minimum absolute atomic E-state index is 0.0207. The highest BCUT2D eigenvalue weighted by atomic mass is 16.2. The van der Waals surface area contributed by atoms with Crippen molar-refractivity contribution in [1.29, 1.82) is 0 Å². The maximum atomic E-state index is 13.2. The summed E-state index contributed by atoms with van der Waals surface area (Å²) in [7, 11) is 0. The number of piperidine rings is 1. The van der Waals surface area contributed by atoms with Crippen molar-refractivity contribution in [3.8, 4) is 11.3 Å². The van der Waals surface area contributed by atoms with Crippen LogP contribution in [0.5, 0.6) is 0 Å². The summed E-state index contributed by atoms with van der Waals surface area (Å²) in [5.74, 6) is 0.943. The van der Waals surface area contributed by atoms with Crippen molar-refractivity contribution in [2.45, 2.75) is 44.7 Å². The zero-order chi connectivity index (χ0) is 19.3. The number of imidazole rings is 1. The first-order valence-corrected chi connectivity index (χ1v) is 9.76. The van der Waals surface area contributed by atoms with Crippen molar-refractivity contribution >= 4 is 23.3 Å². The fourth-order valence-electron chi connectivity index (χ4n) is 4.59. The van der Waals surface area contributed by atoms with Gasteiger partial charge in [0, 0.05) is 36.7 Å². The summed E-state index contributed by atoms with van der Waals surface area (Å²) in [5, 5.41) is 3.12. The van der Waals surface area contributed by atoms with Gasteiger partial charge in [-0.15, -0.1) is 0 Å². The number of amides is 2. The van der Waals surface area contributed by atoms with E-state index in [1.165, 1.54) is 0 Å². The van der Waals surface area contributed by atoms with E-state index in [9.17, 15) is 9.59 Å². The maximum absolute atomic E-state index is 13.2. The summed E-state index contributed by atoms with van der Waals surface area (Å²) in [5.41, 5.74) is 3.58. The van der Waals surface area contributed by atoms with Gasteiger partial charge in [0.05, 0.1) is 0 Å². The molecule has 3 aromatic rings. The number of hydrogen-bond acceptors (Lipinski definition) is 3. The Hall–Kier alpha value is -3.15. The molecular weight excluding hydrogens is 352 g/mol. The third-order valence-corrected chi connectivity index (χ3v) is 5.90. The second-order valence-corrected chi connectivity index (χ2v) is 7.73. The Kier molecular flexibility index (Phi) is 3.93. The van der Waals surface area contributed by atoms with Crippen LogP contribution in [0.15, 0.2) is 48.7 Å². The first-order valence-electron chi connectivity index (χ1n) is 9.76. The first-order chi connectivity index (χ1) is 13.6. The molecule has 0 spiro atoms. The number of hydrogen-bond donors (Lipinski definition) is 1. The van der Waals surface area contributed by atoms with Gasteiger partial charge in [-0.2, -0.15) is 0 Å². The molecule has 2 amide bonds. The lowest BCUT2D eigenvalue weighted by Gasteiger charge is -2.33. The molecule has 1 aromatic carbocycles. The lowest BCUT2D eigenvalue weighted by molar-refractivity contribution is -0.122. The van der Waals surface area contributed by atoms with Crippen LogP contribution in [0.1, 0.15) is 31.2 Å². The summed E-state index contributed by atoms with van der Waals surface area (Å²) >= 11 is 0. The van der Waals surface area contributed by atoms with Crippen molar-refractivity contribution in [1.82, 2.24) is 14.3 Å². The average molecular weight is 374 g/mol. The number of aromatic nitrogens is 2. The number of rotatable bonds is 2. The van der Waals surface area contributed by atoms with Crippen LogP contribution in [0.4, 0.5) is 10.6 Å². The van der Waals surface area contributed by atoms with E-state index in [1.807, 2.05) is 64.9 Å². The molecular formula is C22H22N4O2. The van der Waals surface area contributed by atoms with Crippen molar-refractivity contribution in [2.24, 2.45) is 0 Å². The van der Waals surface area contributed by atoms with E-state index in [2.05, 4.69) is 5.32 Å². The van der Waals surface area contributed by atoms with Gasteiger partial charge in [-0.1, -0.05) is 36.4 Å². The smallest absolute Gasteiger partial charge is 0.318 e. The number of benzene rings is 1. The highest BCUT2D eigenvalue weighted by molar-refractivity contribution is 5.95. The molecule has 0 radical (unpaired) electrons. The molecule has 2 unspecified atom stereocenters.